The van der Waals surface area contributed by atoms with E-state index in [2.05, 4.69) is 137 Å². The van der Waals surface area contributed by atoms with E-state index >= 15 is 13.2 Å². The molecule has 0 spiro atoms. The molecule has 0 fully saturated rings. The summed E-state index contributed by atoms with van der Waals surface area (Å²) in [5.41, 5.74) is 15.8. The van der Waals surface area contributed by atoms with Crippen LogP contribution in [0.4, 0.5) is 13.2 Å². The number of alkyl halides is 3. The molecule has 0 aliphatic heterocycles. The molecule has 3 aliphatic rings. The quantitative estimate of drug-likeness (QED) is 0.167. The normalized spacial score (nSPS) is 15.7. The Morgan fingerprint density at radius 1 is 0.283 bits per heavy atom. The van der Waals surface area contributed by atoms with E-state index in [1.165, 1.54) is 51.4 Å². The van der Waals surface area contributed by atoms with Gasteiger partial charge in [0, 0.05) is 10.8 Å². The molecule has 8 aromatic rings. The van der Waals surface area contributed by atoms with E-state index in [4.69, 9.17) is 0 Å². The summed E-state index contributed by atoms with van der Waals surface area (Å²) in [7, 11) is 0. The Hall–Kier alpha value is -6.45. The summed E-state index contributed by atoms with van der Waals surface area (Å²) >= 11 is 0. The number of rotatable bonds is 4. The lowest BCUT2D eigenvalue weighted by molar-refractivity contribution is -0.172. The molecule has 0 unspecified atom stereocenters. The summed E-state index contributed by atoms with van der Waals surface area (Å²) in [4.78, 5) is 0. The maximum atomic E-state index is 16.3. The average molecular weight is 785 g/mol. The zero-order valence-electron chi connectivity index (χ0n) is 34.3. The molecule has 11 rings (SSSR count). The molecule has 0 N–H and O–H groups in total. The Labute approximate surface area is 350 Å². The third kappa shape index (κ3) is 4.99. The van der Waals surface area contributed by atoms with Crippen molar-refractivity contribution < 1.29 is 13.2 Å². The highest BCUT2D eigenvalue weighted by Gasteiger charge is 2.58. The molecule has 0 saturated carbocycles. The van der Waals surface area contributed by atoms with Gasteiger partial charge in [0.2, 0.25) is 0 Å². The van der Waals surface area contributed by atoms with E-state index in [1.807, 2.05) is 60.7 Å². The van der Waals surface area contributed by atoms with Gasteiger partial charge in [-0.25, -0.2) is 0 Å². The van der Waals surface area contributed by atoms with Crippen molar-refractivity contribution >= 4 is 0 Å². The van der Waals surface area contributed by atoms with Crippen LogP contribution in [0.25, 0.3) is 77.9 Å². The lowest BCUT2D eigenvalue weighted by Crippen LogP contribution is -2.39. The maximum absolute atomic E-state index is 16.3. The predicted molar refractivity (Wildman–Crippen MR) is 241 cm³/mol. The molecule has 0 radical (unpaired) electrons. The molecule has 0 bridgehead atoms. The van der Waals surface area contributed by atoms with E-state index in [-0.39, 0.29) is 22.0 Å². The van der Waals surface area contributed by atoms with E-state index in [0.717, 1.165) is 44.5 Å². The van der Waals surface area contributed by atoms with Gasteiger partial charge in [0.25, 0.3) is 0 Å². The van der Waals surface area contributed by atoms with Crippen molar-refractivity contribution in [2.45, 2.75) is 57.0 Å². The first kappa shape index (κ1) is 36.6. The van der Waals surface area contributed by atoms with E-state index < -0.39 is 11.6 Å². The lowest BCUT2D eigenvalue weighted by atomic mass is 9.76. The molecule has 0 amide bonds. The summed E-state index contributed by atoms with van der Waals surface area (Å²) in [5, 5.41) is 0. The van der Waals surface area contributed by atoms with Gasteiger partial charge in [0.05, 0.1) is 0 Å². The van der Waals surface area contributed by atoms with Crippen molar-refractivity contribution in [3.05, 3.63) is 203 Å². The summed E-state index contributed by atoms with van der Waals surface area (Å²) in [5.74, 6) is 0. The van der Waals surface area contributed by atoms with Crippen LogP contribution in [0.15, 0.2) is 170 Å². The second-order valence-corrected chi connectivity index (χ2v) is 18.1. The molecule has 3 aliphatic carbocycles. The van der Waals surface area contributed by atoms with Gasteiger partial charge in [0.15, 0.2) is 0 Å². The highest BCUT2D eigenvalue weighted by molar-refractivity contribution is 5.98. The smallest absolute Gasteiger partial charge is 0.170 e. The van der Waals surface area contributed by atoms with Crippen molar-refractivity contribution in [1.29, 1.82) is 0 Å². The minimum absolute atomic E-state index is 0.262. The fourth-order valence-electron chi connectivity index (χ4n) is 10.9. The maximum Gasteiger partial charge on any atom is 0.402 e. The Bertz CT molecular complexity index is 2870. The van der Waals surface area contributed by atoms with Gasteiger partial charge in [-0.1, -0.05) is 161 Å². The van der Waals surface area contributed by atoms with Crippen LogP contribution in [0.3, 0.4) is 0 Å². The topological polar surface area (TPSA) is 0 Å². The first-order chi connectivity index (χ1) is 28.8. The number of halogens is 3. The fraction of sp³-hybridized carbons (Fsp3) is 0.158. The second-order valence-electron chi connectivity index (χ2n) is 18.1. The molecule has 292 valence electrons. The average Bonchev–Trinajstić information content (AvgIpc) is 3.76. The van der Waals surface area contributed by atoms with Crippen molar-refractivity contribution in [3.63, 3.8) is 0 Å². The molecule has 60 heavy (non-hydrogen) atoms. The van der Waals surface area contributed by atoms with Crippen LogP contribution in [-0.4, -0.2) is 6.18 Å². The largest absolute Gasteiger partial charge is 0.402 e. The van der Waals surface area contributed by atoms with Crippen LogP contribution in [0, 0.1) is 0 Å². The van der Waals surface area contributed by atoms with Gasteiger partial charge < -0.3 is 0 Å². The van der Waals surface area contributed by atoms with Gasteiger partial charge in [-0.3, -0.25) is 0 Å². The fourth-order valence-corrected chi connectivity index (χ4v) is 10.9. The molecule has 8 aromatic carbocycles. The monoisotopic (exact) mass is 784 g/mol. The zero-order valence-corrected chi connectivity index (χ0v) is 34.3. The first-order valence-corrected chi connectivity index (χ1v) is 20.8. The Morgan fingerprint density at radius 2 is 0.633 bits per heavy atom. The van der Waals surface area contributed by atoms with Crippen molar-refractivity contribution in [3.8, 4) is 77.9 Å². The third-order valence-corrected chi connectivity index (χ3v) is 14.2. The minimum Gasteiger partial charge on any atom is -0.170 e. The van der Waals surface area contributed by atoms with Gasteiger partial charge in [-0.05, 0) is 155 Å². The molecule has 0 aromatic heterocycles. The molecular formula is C57H43F3. The van der Waals surface area contributed by atoms with Crippen LogP contribution < -0.4 is 0 Å². The molecule has 3 heteroatoms. The third-order valence-electron chi connectivity index (χ3n) is 14.2. The molecule has 0 saturated heterocycles. The van der Waals surface area contributed by atoms with Crippen LogP contribution >= 0.6 is 0 Å². The highest BCUT2D eigenvalue weighted by Crippen LogP contribution is 2.61. The SMILES string of the molecule is CC1(C)c2ccccc2-c2ccc(-c3cc4c(cc3-c3ccccc3)-c3cc(-c5ccccc5)c(-c5ccc6c(c5)C(C)(C)c5ccccc5-6)cc3C4(C)C(F)(F)F)cc21. The molecular weight excluding hydrogens is 742 g/mol. The van der Waals surface area contributed by atoms with Crippen LogP contribution in [0.5, 0.6) is 0 Å². The Morgan fingerprint density at radius 3 is 1.03 bits per heavy atom. The second kappa shape index (κ2) is 12.5. The van der Waals surface area contributed by atoms with E-state index in [0.29, 0.717) is 11.1 Å². The van der Waals surface area contributed by atoms with Crippen molar-refractivity contribution in [2.24, 2.45) is 0 Å². The number of hydrogen-bond acceptors (Lipinski definition) is 0. The predicted octanol–water partition coefficient (Wildman–Crippen LogP) is 15.8. The van der Waals surface area contributed by atoms with Crippen LogP contribution in [0.1, 0.15) is 68.0 Å². The summed E-state index contributed by atoms with van der Waals surface area (Å²) in [6.07, 6.45) is -4.59. The van der Waals surface area contributed by atoms with E-state index in [1.54, 1.807) is 0 Å². The molecule has 0 nitrogen and oxygen atoms in total. The van der Waals surface area contributed by atoms with Crippen molar-refractivity contribution in [2.75, 3.05) is 0 Å². The first-order valence-electron chi connectivity index (χ1n) is 20.8. The molecule has 0 atom stereocenters. The Balaban J connectivity index is 1.17. The lowest BCUT2D eigenvalue weighted by Gasteiger charge is -2.31. The van der Waals surface area contributed by atoms with Crippen LogP contribution in [-0.2, 0) is 16.2 Å². The van der Waals surface area contributed by atoms with Gasteiger partial charge in [-0.15, -0.1) is 0 Å². The van der Waals surface area contributed by atoms with Gasteiger partial charge >= 0.3 is 6.18 Å². The standard InChI is InChI=1S/C57H43F3/c1-54(2)48-22-14-12-20-38(48)40-26-24-36(28-50(40)54)44-32-52-46(30-42(44)34-16-8-6-9-17-34)47-31-43(35-18-10-7-11-19-35)45(33-53(47)56(52,5)57(58,59)60)37-25-27-41-39-21-13-15-23-49(39)55(3,4)51(41)29-37/h6-33H,1-5H3. The number of hydrogen-bond donors (Lipinski definition) is 0. The highest BCUT2D eigenvalue weighted by atomic mass is 19.4. The van der Waals surface area contributed by atoms with Crippen molar-refractivity contribution in [1.82, 2.24) is 0 Å². The van der Waals surface area contributed by atoms with Gasteiger partial charge in [0.1, 0.15) is 5.41 Å². The van der Waals surface area contributed by atoms with E-state index in [9.17, 15) is 0 Å². The number of benzene rings is 8. The Kier molecular flexibility index (Phi) is 7.65. The van der Waals surface area contributed by atoms with Crippen LogP contribution in [0.2, 0.25) is 0 Å². The summed E-state index contributed by atoms with van der Waals surface area (Å²) in [6, 6.07) is 57.9. The minimum atomic E-state index is -4.59. The number of fused-ring (bicyclic) bond motifs is 9. The summed E-state index contributed by atoms with van der Waals surface area (Å²) in [6.45, 7) is 10.3. The van der Waals surface area contributed by atoms with Gasteiger partial charge in [-0.2, -0.15) is 13.2 Å². The molecule has 0 heterocycles. The zero-order chi connectivity index (χ0) is 41.3. The summed E-state index contributed by atoms with van der Waals surface area (Å²) < 4.78 is 48.9.